The second-order valence-electron chi connectivity index (χ2n) is 6.39. The van der Waals surface area contributed by atoms with Crippen molar-refractivity contribution in [1.82, 2.24) is 5.32 Å². The minimum atomic E-state index is -0.326. The third kappa shape index (κ3) is 4.81. The molecule has 1 aliphatic rings. The van der Waals surface area contributed by atoms with Crippen molar-refractivity contribution in [3.8, 4) is 5.75 Å². The number of amides is 1. The van der Waals surface area contributed by atoms with Crippen LogP contribution < -0.4 is 10.6 Å². The highest BCUT2D eigenvalue weighted by Crippen LogP contribution is 2.19. The molecule has 2 aromatic rings. The van der Waals surface area contributed by atoms with E-state index >= 15 is 0 Å². The topological polar surface area (TPSA) is 70.6 Å². The molecule has 0 bridgehead atoms. The number of nitrogens with one attached hydrogen (secondary N) is 2. The van der Waals surface area contributed by atoms with Crippen LogP contribution in [0.2, 0.25) is 0 Å². The quantitative estimate of drug-likeness (QED) is 0.754. The zero-order valence-electron chi connectivity index (χ0n) is 14.4. The van der Waals surface area contributed by atoms with Crippen molar-refractivity contribution in [2.45, 2.75) is 38.5 Å². The maximum Gasteiger partial charge on any atom is 0.253 e. The first kappa shape index (κ1) is 17.5. The molecule has 2 aromatic carbocycles. The third-order valence-corrected chi connectivity index (χ3v) is 4.40. The van der Waals surface area contributed by atoms with Crippen LogP contribution in [0.15, 0.2) is 48.5 Å². The van der Waals surface area contributed by atoms with E-state index in [1.165, 1.54) is 0 Å². The van der Waals surface area contributed by atoms with Crippen LogP contribution in [0.1, 0.15) is 36.9 Å². The Morgan fingerprint density at radius 3 is 2.88 bits per heavy atom. The number of rotatable bonds is 6. The Balaban J connectivity index is 1.57. The number of anilines is 1. The number of phenols is 1. The summed E-state index contributed by atoms with van der Waals surface area (Å²) in [4.78, 5) is 12.1. The Morgan fingerprint density at radius 2 is 2.12 bits per heavy atom. The van der Waals surface area contributed by atoms with Gasteiger partial charge in [0, 0.05) is 24.9 Å². The van der Waals surface area contributed by atoms with Gasteiger partial charge >= 0.3 is 0 Å². The number of carbonyl (C=O) groups excluding carboxylic acids is 1. The molecule has 1 heterocycles. The van der Waals surface area contributed by atoms with Crippen LogP contribution in [0.4, 0.5) is 5.69 Å². The molecule has 5 heteroatoms. The smallest absolute Gasteiger partial charge is 0.253 e. The van der Waals surface area contributed by atoms with Crippen LogP contribution >= 0.6 is 0 Å². The molecule has 0 aromatic heterocycles. The lowest BCUT2D eigenvalue weighted by molar-refractivity contribution is -0.124. The molecule has 132 valence electrons. The number of benzene rings is 2. The number of carbonyl (C=O) groups is 1. The Hall–Kier alpha value is -2.37. The summed E-state index contributed by atoms with van der Waals surface area (Å²) in [6.07, 6.45) is 1.40. The van der Waals surface area contributed by atoms with E-state index < -0.39 is 0 Å². The Bertz CT molecular complexity index is 726. The highest BCUT2D eigenvalue weighted by Gasteiger charge is 2.23. The Morgan fingerprint density at radius 1 is 1.28 bits per heavy atom. The largest absolute Gasteiger partial charge is 0.508 e. The predicted molar refractivity (Wildman–Crippen MR) is 97.4 cm³/mol. The molecule has 25 heavy (non-hydrogen) atoms. The first-order chi connectivity index (χ1) is 12.1. The lowest BCUT2D eigenvalue weighted by Crippen LogP contribution is -2.27. The molecular weight excluding hydrogens is 316 g/mol. The van der Waals surface area contributed by atoms with E-state index in [9.17, 15) is 9.90 Å². The SMILES string of the molecule is C[C@@H](NCc1cccc(NC(=O)[C@@H]2CCCO2)c1)c1cccc(O)c1. The van der Waals surface area contributed by atoms with Gasteiger partial charge in [-0.2, -0.15) is 0 Å². The molecule has 5 nitrogen and oxygen atoms in total. The van der Waals surface area contributed by atoms with E-state index in [4.69, 9.17) is 4.74 Å². The van der Waals surface area contributed by atoms with E-state index in [1.807, 2.05) is 36.4 Å². The van der Waals surface area contributed by atoms with Gasteiger partial charge in [0.1, 0.15) is 11.9 Å². The van der Waals surface area contributed by atoms with Gasteiger partial charge in [0.15, 0.2) is 0 Å². The van der Waals surface area contributed by atoms with E-state index in [0.717, 1.165) is 29.7 Å². The fourth-order valence-electron chi connectivity index (χ4n) is 2.95. The van der Waals surface area contributed by atoms with Gasteiger partial charge in [-0.15, -0.1) is 0 Å². The van der Waals surface area contributed by atoms with Gasteiger partial charge in [0.25, 0.3) is 5.91 Å². The van der Waals surface area contributed by atoms with Crippen LogP contribution in [0.5, 0.6) is 5.75 Å². The molecule has 0 radical (unpaired) electrons. The first-order valence-corrected chi connectivity index (χ1v) is 8.65. The van der Waals surface area contributed by atoms with Crippen molar-refractivity contribution in [1.29, 1.82) is 0 Å². The molecule has 2 atom stereocenters. The molecule has 3 N–H and O–H groups in total. The van der Waals surface area contributed by atoms with E-state index in [0.29, 0.717) is 13.2 Å². The Kier molecular flexibility index (Phi) is 5.68. The van der Waals surface area contributed by atoms with Crippen LogP contribution in [0.3, 0.4) is 0 Å². The molecule has 0 spiro atoms. The number of ether oxygens (including phenoxy) is 1. The van der Waals surface area contributed by atoms with Crippen molar-refractivity contribution >= 4 is 11.6 Å². The molecule has 0 unspecified atom stereocenters. The molecule has 1 saturated heterocycles. The predicted octanol–water partition coefficient (Wildman–Crippen LogP) is 3.36. The van der Waals surface area contributed by atoms with Gasteiger partial charge in [-0.1, -0.05) is 24.3 Å². The van der Waals surface area contributed by atoms with Gasteiger partial charge in [-0.25, -0.2) is 0 Å². The average Bonchev–Trinajstić information content (AvgIpc) is 3.15. The minimum Gasteiger partial charge on any atom is -0.508 e. The van der Waals surface area contributed by atoms with E-state index in [-0.39, 0.29) is 23.8 Å². The monoisotopic (exact) mass is 340 g/mol. The number of hydrogen-bond donors (Lipinski definition) is 3. The molecule has 0 aliphatic carbocycles. The fourth-order valence-corrected chi connectivity index (χ4v) is 2.95. The zero-order chi connectivity index (χ0) is 17.6. The van der Waals surface area contributed by atoms with Crippen LogP contribution in [-0.2, 0) is 16.1 Å². The summed E-state index contributed by atoms with van der Waals surface area (Å²) in [5, 5.41) is 15.9. The van der Waals surface area contributed by atoms with Gasteiger partial charge in [0.05, 0.1) is 0 Å². The van der Waals surface area contributed by atoms with Crippen molar-refractivity contribution < 1.29 is 14.6 Å². The van der Waals surface area contributed by atoms with Gasteiger partial charge in [0.2, 0.25) is 0 Å². The maximum absolute atomic E-state index is 12.1. The normalized spacial score (nSPS) is 18.0. The van der Waals surface area contributed by atoms with E-state index in [2.05, 4.69) is 17.6 Å². The summed E-state index contributed by atoms with van der Waals surface area (Å²) in [7, 11) is 0. The van der Waals surface area contributed by atoms with Crippen molar-refractivity contribution in [2.75, 3.05) is 11.9 Å². The molecule has 1 fully saturated rings. The highest BCUT2D eigenvalue weighted by atomic mass is 16.5. The standard InChI is InChI=1S/C20H24N2O3/c1-14(16-6-3-8-18(23)12-16)21-13-15-5-2-7-17(11-15)22-20(24)19-9-4-10-25-19/h2-3,5-8,11-12,14,19,21,23H,4,9-10,13H2,1H3,(H,22,24)/t14-,19+/m1/s1. The van der Waals surface area contributed by atoms with Gasteiger partial charge < -0.3 is 20.5 Å². The summed E-state index contributed by atoms with van der Waals surface area (Å²) in [6.45, 7) is 3.38. The molecule has 1 aliphatic heterocycles. The highest BCUT2D eigenvalue weighted by molar-refractivity contribution is 5.94. The van der Waals surface area contributed by atoms with Crippen LogP contribution in [0.25, 0.3) is 0 Å². The zero-order valence-corrected chi connectivity index (χ0v) is 14.4. The van der Waals surface area contributed by atoms with Gasteiger partial charge in [-0.3, -0.25) is 4.79 Å². The number of phenolic OH excluding ortho intramolecular Hbond substituents is 1. The summed E-state index contributed by atoms with van der Waals surface area (Å²) >= 11 is 0. The second-order valence-corrected chi connectivity index (χ2v) is 6.39. The summed E-state index contributed by atoms with van der Waals surface area (Å²) in [5.74, 6) is 0.195. The molecular formula is C20H24N2O3. The molecule has 3 rings (SSSR count). The molecule has 1 amide bonds. The second kappa shape index (κ2) is 8.14. The summed E-state index contributed by atoms with van der Waals surface area (Å²) in [6, 6.07) is 15.2. The summed E-state index contributed by atoms with van der Waals surface area (Å²) in [5.41, 5.74) is 2.89. The minimum absolute atomic E-state index is 0.0734. The van der Waals surface area contributed by atoms with E-state index in [1.54, 1.807) is 12.1 Å². The van der Waals surface area contributed by atoms with Crippen molar-refractivity contribution in [3.05, 3.63) is 59.7 Å². The van der Waals surface area contributed by atoms with Gasteiger partial charge in [-0.05, 0) is 55.2 Å². The third-order valence-electron chi connectivity index (χ3n) is 4.40. The Labute approximate surface area is 148 Å². The summed E-state index contributed by atoms with van der Waals surface area (Å²) < 4.78 is 5.41. The molecule has 0 saturated carbocycles. The average molecular weight is 340 g/mol. The first-order valence-electron chi connectivity index (χ1n) is 8.65. The van der Waals surface area contributed by atoms with Crippen LogP contribution in [-0.4, -0.2) is 23.7 Å². The van der Waals surface area contributed by atoms with Crippen LogP contribution in [0, 0.1) is 0 Å². The van der Waals surface area contributed by atoms with Crippen molar-refractivity contribution in [3.63, 3.8) is 0 Å². The fraction of sp³-hybridized carbons (Fsp3) is 0.350. The lowest BCUT2D eigenvalue weighted by atomic mass is 10.1. The number of hydrogen-bond acceptors (Lipinski definition) is 4. The number of aromatic hydroxyl groups is 1. The van der Waals surface area contributed by atoms with Crippen molar-refractivity contribution in [2.24, 2.45) is 0 Å². The maximum atomic E-state index is 12.1. The lowest BCUT2D eigenvalue weighted by Gasteiger charge is -2.15.